The lowest BCUT2D eigenvalue weighted by atomic mass is 10.1. The summed E-state index contributed by atoms with van der Waals surface area (Å²) < 4.78 is 114. The Morgan fingerprint density at radius 3 is 1.50 bits per heavy atom. The molecule has 0 rings (SSSR count). The zero-order chi connectivity index (χ0) is 15.0. The van der Waals surface area contributed by atoms with E-state index in [-0.39, 0.29) is 0 Å². The van der Waals surface area contributed by atoms with Gasteiger partial charge in [-0.05, 0) is 0 Å². The predicted molar refractivity (Wildman–Crippen MR) is 34.4 cm³/mol. The molecule has 0 aromatic heterocycles. The Hall–Kier alpha value is -1.36. The number of halogens is 9. The third-order valence-corrected chi connectivity index (χ3v) is 1.49. The summed E-state index contributed by atoms with van der Waals surface area (Å²) in [5.74, 6) is -14.1. The first kappa shape index (κ1) is 16.6. The third-order valence-electron chi connectivity index (χ3n) is 1.49. The molecule has 18 heavy (non-hydrogen) atoms. The van der Waals surface area contributed by atoms with Gasteiger partial charge in [0.05, 0.1) is 7.11 Å². The molecule has 0 aromatic carbocycles. The molecule has 3 nitrogen and oxygen atoms in total. The van der Waals surface area contributed by atoms with E-state index in [2.05, 4.69) is 9.47 Å². The van der Waals surface area contributed by atoms with Gasteiger partial charge in [0, 0.05) is 0 Å². The van der Waals surface area contributed by atoms with Gasteiger partial charge in [0.25, 0.3) is 0 Å². The van der Waals surface area contributed by atoms with Gasteiger partial charge < -0.3 is 9.47 Å². The summed E-state index contributed by atoms with van der Waals surface area (Å²) in [5.41, 5.74) is 0. The van der Waals surface area contributed by atoms with Crippen LogP contribution in [-0.4, -0.2) is 37.4 Å². The van der Waals surface area contributed by atoms with E-state index in [1.54, 1.807) is 0 Å². The second-order valence-electron chi connectivity index (χ2n) is 2.72. The van der Waals surface area contributed by atoms with Crippen molar-refractivity contribution in [3.05, 3.63) is 0 Å². The summed E-state index contributed by atoms with van der Waals surface area (Å²) in [6, 6.07) is 0. The number of rotatable bonds is 3. The minimum absolute atomic E-state index is 0.346. The number of carbonyl (C=O) groups is 1. The van der Waals surface area contributed by atoms with Crippen molar-refractivity contribution >= 4 is 6.16 Å². The summed E-state index contributed by atoms with van der Waals surface area (Å²) in [5, 5.41) is 0. The van der Waals surface area contributed by atoms with Gasteiger partial charge in [-0.25, -0.2) is 4.79 Å². The lowest BCUT2D eigenvalue weighted by molar-refractivity contribution is -0.434. The van der Waals surface area contributed by atoms with E-state index in [0.29, 0.717) is 7.11 Å². The molecule has 0 aliphatic carbocycles. The molecule has 0 aliphatic rings. The Morgan fingerprint density at radius 2 is 1.22 bits per heavy atom. The highest BCUT2D eigenvalue weighted by molar-refractivity contribution is 5.60. The number of hydrogen-bond donors (Lipinski definition) is 0. The molecule has 0 radical (unpaired) electrons. The number of hydrogen-bond acceptors (Lipinski definition) is 3. The molecule has 0 saturated carbocycles. The minimum Gasteiger partial charge on any atom is -0.437 e. The molecular formula is C6H3F9O3. The van der Waals surface area contributed by atoms with Crippen molar-refractivity contribution in [1.29, 1.82) is 0 Å². The van der Waals surface area contributed by atoms with Crippen molar-refractivity contribution in [1.82, 2.24) is 0 Å². The first-order valence-corrected chi connectivity index (χ1v) is 3.68. The average Bonchev–Trinajstić information content (AvgIpc) is 2.14. The molecule has 108 valence electrons. The molecule has 0 aromatic rings. The molecule has 0 heterocycles. The van der Waals surface area contributed by atoms with Crippen LogP contribution in [0.3, 0.4) is 0 Å². The van der Waals surface area contributed by atoms with Crippen molar-refractivity contribution in [3.8, 4) is 0 Å². The average molecular weight is 294 g/mol. The summed E-state index contributed by atoms with van der Waals surface area (Å²) in [6.45, 7) is 0. The van der Waals surface area contributed by atoms with Gasteiger partial charge in [0.15, 0.2) is 0 Å². The SMILES string of the molecule is COC(=O)OC(F)(F)C(F)(F)C(F)(F)C(F)(F)F. The summed E-state index contributed by atoms with van der Waals surface area (Å²) in [4.78, 5) is 10.1. The molecule has 0 fully saturated rings. The quantitative estimate of drug-likeness (QED) is 0.592. The normalized spacial score (nSPS) is 14.3. The van der Waals surface area contributed by atoms with Crippen molar-refractivity contribution in [2.75, 3.05) is 7.11 Å². The van der Waals surface area contributed by atoms with Crippen molar-refractivity contribution in [3.63, 3.8) is 0 Å². The fraction of sp³-hybridized carbons (Fsp3) is 0.833. The molecule has 0 spiro atoms. The van der Waals surface area contributed by atoms with Crippen molar-refractivity contribution < 1.29 is 53.8 Å². The molecule has 0 bridgehead atoms. The second kappa shape index (κ2) is 4.39. The van der Waals surface area contributed by atoms with E-state index in [1.165, 1.54) is 0 Å². The predicted octanol–water partition coefficient (Wildman–Crippen LogP) is 3.20. The van der Waals surface area contributed by atoms with Crippen LogP contribution in [0.4, 0.5) is 44.3 Å². The maximum atomic E-state index is 12.4. The summed E-state index contributed by atoms with van der Waals surface area (Å²) >= 11 is 0. The van der Waals surface area contributed by atoms with Gasteiger partial charge in [0.1, 0.15) is 0 Å². The lowest BCUT2D eigenvalue weighted by Crippen LogP contribution is -2.62. The summed E-state index contributed by atoms with van der Waals surface area (Å²) in [6.07, 6.45) is -15.9. The van der Waals surface area contributed by atoms with Gasteiger partial charge >= 0.3 is 30.3 Å². The maximum absolute atomic E-state index is 12.4. The highest BCUT2D eigenvalue weighted by atomic mass is 19.4. The molecule has 0 saturated heterocycles. The number of ether oxygens (including phenoxy) is 2. The van der Waals surface area contributed by atoms with Crippen LogP contribution in [0.25, 0.3) is 0 Å². The van der Waals surface area contributed by atoms with Crippen LogP contribution in [0.5, 0.6) is 0 Å². The van der Waals surface area contributed by atoms with Crippen LogP contribution >= 0.6 is 0 Å². The van der Waals surface area contributed by atoms with Crippen LogP contribution < -0.4 is 0 Å². The second-order valence-corrected chi connectivity index (χ2v) is 2.72. The molecule has 12 heteroatoms. The number of methoxy groups -OCH3 is 1. The Morgan fingerprint density at radius 1 is 0.833 bits per heavy atom. The van der Waals surface area contributed by atoms with E-state index >= 15 is 0 Å². The highest BCUT2D eigenvalue weighted by Crippen LogP contribution is 2.53. The molecule has 0 atom stereocenters. The van der Waals surface area contributed by atoms with Crippen molar-refractivity contribution in [2.24, 2.45) is 0 Å². The monoisotopic (exact) mass is 294 g/mol. The zero-order valence-corrected chi connectivity index (χ0v) is 8.13. The fourth-order valence-corrected chi connectivity index (χ4v) is 0.571. The molecular weight excluding hydrogens is 291 g/mol. The van der Waals surface area contributed by atoms with E-state index in [4.69, 9.17) is 0 Å². The number of alkyl halides is 9. The van der Waals surface area contributed by atoms with Crippen LogP contribution in [-0.2, 0) is 9.47 Å². The van der Waals surface area contributed by atoms with Gasteiger partial charge in [-0.1, -0.05) is 0 Å². The van der Waals surface area contributed by atoms with Gasteiger partial charge in [-0.3, -0.25) is 0 Å². The first-order valence-electron chi connectivity index (χ1n) is 3.68. The van der Waals surface area contributed by atoms with Crippen LogP contribution in [0.1, 0.15) is 0 Å². The lowest BCUT2D eigenvalue weighted by Gasteiger charge is -2.31. The van der Waals surface area contributed by atoms with Crippen molar-refractivity contribution in [2.45, 2.75) is 24.1 Å². The maximum Gasteiger partial charge on any atom is 0.512 e. The molecule has 0 amide bonds. The Balaban J connectivity index is 5.42. The highest BCUT2D eigenvalue weighted by Gasteiger charge is 2.84. The van der Waals surface area contributed by atoms with Crippen LogP contribution in [0.2, 0.25) is 0 Å². The molecule has 0 aliphatic heterocycles. The molecule has 0 N–H and O–H groups in total. The Labute approximate surface area is 92.4 Å². The van der Waals surface area contributed by atoms with Gasteiger partial charge in [-0.15, -0.1) is 0 Å². The van der Waals surface area contributed by atoms with Crippen LogP contribution in [0, 0.1) is 0 Å². The molecule has 0 unspecified atom stereocenters. The van der Waals surface area contributed by atoms with E-state index in [0.717, 1.165) is 0 Å². The minimum atomic E-state index is -7.11. The topological polar surface area (TPSA) is 35.5 Å². The van der Waals surface area contributed by atoms with Gasteiger partial charge in [0.2, 0.25) is 0 Å². The smallest absolute Gasteiger partial charge is 0.437 e. The summed E-state index contributed by atoms with van der Waals surface area (Å²) in [7, 11) is 0.346. The van der Waals surface area contributed by atoms with Gasteiger partial charge in [-0.2, -0.15) is 39.5 Å². The van der Waals surface area contributed by atoms with E-state index in [9.17, 15) is 44.3 Å². The first-order chi connectivity index (χ1) is 7.70. The standard InChI is InChI=1S/C6H3F9O3/c1-17-2(16)18-6(14,15)4(9,10)3(7,8)5(11,12)13/h1H3. The number of carbonyl (C=O) groups excluding carboxylic acids is 1. The zero-order valence-electron chi connectivity index (χ0n) is 8.13. The van der Waals surface area contributed by atoms with E-state index in [1.807, 2.05) is 0 Å². The van der Waals surface area contributed by atoms with Crippen LogP contribution in [0.15, 0.2) is 0 Å². The fourth-order valence-electron chi connectivity index (χ4n) is 0.571. The Kier molecular flexibility index (Phi) is 4.06. The van der Waals surface area contributed by atoms with E-state index < -0.39 is 30.3 Å². The Bertz CT molecular complexity index is 321. The third kappa shape index (κ3) is 2.56. The largest absolute Gasteiger partial charge is 0.512 e.